The normalized spacial score (nSPS) is 43.3. The molecular formula is C21H34O. The van der Waals surface area contributed by atoms with Crippen molar-refractivity contribution in [2.24, 2.45) is 28.1 Å². The zero-order valence-electron chi connectivity index (χ0n) is 15.5. The minimum absolute atomic E-state index is 0.0989. The quantitative estimate of drug-likeness (QED) is 0.586. The maximum atomic E-state index is 12.8. The molecule has 0 aromatic rings. The van der Waals surface area contributed by atoms with E-state index in [0.29, 0.717) is 11.2 Å². The van der Waals surface area contributed by atoms with Gasteiger partial charge in [0.15, 0.2) is 5.78 Å². The lowest BCUT2D eigenvalue weighted by molar-refractivity contribution is -0.135. The van der Waals surface area contributed by atoms with Crippen LogP contribution < -0.4 is 0 Å². The van der Waals surface area contributed by atoms with Crippen LogP contribution in [0.25, 0.3) is 0 Å². The van der Waals surface area contributed by atoms with Gasteiger partial charge in [0.2, 0.25) is 0 Å². The standard InChI is InChI=1S/C21H34O/c1-8-10-17-13-20(6)14-19(5,15(3)9-2)11-12-21(20,7)16(4)18(17)22/h8,13,15-16H,1,9-12,14H2,2-7H3. The number of allylic oxidation sites excluding steroid dienone is 3. The van der Waals surface area contributed by atoms with Crippen LogP contribution in [0.3, 0.4) is 0 Å². The third-order valence-corrected chi connectivity index (χ3v) is 7.62. The summed E-state index contributed by atoms with van der Waals surface area (Å²) in [5.74, 6) is 1.21. The largest absolute Gasteiger partial charge is 0.294 e. The molecule has 0 aliphatic heterocycles. The number of Topliss-reactive ketones (excluding diaryl/α,β-unsaturated/α-hetero) is 1. The Morgan fingerprint density at radius 3 is 2.55 bits per heavy atom. The van der Waals surface area contributed by atoms with E-state index in [1.165, 1.54) is 19.3 Å². The molecular weight excluding hydrogens is 268 g/mol. The Morgan fingerprint density at radius 2 is 2.00 bits per heavy atom. The Kier molecular flexibility index (Phi) is 4.50. The molecule has 22 heavy (non-hydrogen) atoms. The van der Waals surface area contributed by atoms with E-state index >= 15 is 0 Å². The van der Waals surface area contributed by atoms with Gasteiger partial charge >= 0.3 is 0 Å². The van der Waals surface area contributed by atoms with Gasteiger partial charge in [-0.15, -0.1) is 6.58 Å². The first-order valence-corrected chi connectivity index (χ1v) is 9.00. The van der Waals surface area contributed by atoms with Gasteiger partial charge in [0.1, 0.15) is 0 Å². The number of carbonyl (C=O) groups is 1. The van der Waals surface area contributed by atoms with E-state index in [-0.39, 0.29) is 16.7 Å². The van der Waals surface area contributed by atoms with Gasteiger partial charge in [-0.25, -0.2) is 0 Å². The first kappa shape index (κ1) is 17.5. The Hall–Kier alpha value is -0.850. The topological polar surface area (TPSA) is 17.1 Å². The van der Waals surface area contributed by atoms with Crippen LogP contribution in [0.2, 0.25) is 0 Å². The highest BCUT2D eigenvalue weighted by atomic mass is 16.1. The second-order valence-electron chi connectivity index (χ2n) is 8.72. The Bertz CT molecular complexity index is 502. The van der Waals surface area contributed by atoms with Crippen LogP contribution in [0, 0.1) is 28.1 Å². The van der Waals surface area contributed by atoms with Crippen molar-refractivity contribution in [3.8, 4) is 0 Å². The number of ketones is 1. The molecule has 1 heteroatoms. The minimum Gasteiger partial charge on any atom is -0.294 e. The fourth-order valence-corrected chi connectivity index (χ4v) is 5.14. The number of hydrogen-bond acceptors (Lipinski definition) is 1. The van der Waals surface area contributed by atoms with E-state index in [0.717, 1.165) is 24.3 Å². The van der Waals surface area contributed by atoms with Gasteiger partial charge in [-0.2, -0.15) is 0 Å². The summed E-state index contributed by atoms with van der Waals surface area (Å²) in [6, 6.07) is 0. The van der Waals surface area contributed by atoms with Crippen LogP contribution >= 0.6 is 0 Å². The minimum atomic E-state index is 0.0989. The molecule has 124 valence electrons. The van der Waals surface area contributed by atoms with Crippen LogP contribution in [-0.2, 0) is 4.79 Å². The molecule has 0 bridgehead atoms. The maximum absolute atomic E-state index is 12.8. The zero-order chi connectivity index (χ0) is 16.8. The Morgan fingerprint density at radius 1 is 1.36 bits per heavy atom. The second kappa shape index (κ2) is 5.65. The third kappa shape index (κ3) is 2.41. The molecule has 2 aliphatic carbocycles. The lowest BCUT2D eigenvalue weighted by atomic mass is 9.43. The molecule has 0 spiro atoms. The molecule has 5 unspecified atom stereocenters. The van der Waals surface area contributed by atoms with Gasteiger partial charge in [-0.1, -0.05) is 60.1 Å². The highest BCUT2D eigenvalue weighted by molar-refractivity contribution is 5.99. The van der Waals surface area contributed by atoms with Crippen molar-refractivity contribution in [3.05, 3.63) is 24.3 Å². The first-order chi connectivity index (χ1) is 10.1. The fourth-order valence-electron chi connectivity index (χ4n) is 5.14. The molecule has 0 N–H and O–H groups in total. The van der Waals surface area contributed by atoms with Crippen molar-refractivity contribution < 1.29 is 4.79 Å². The molecule has 0 radical (unpaired) electrons. The molecule has 0 amide bonds. The van der Waals surface area contributed by atoms with Gasteiger partial charge < -0.3 is 0 Å². The Balaban J connectivity index is 2.47. The highest BCUT2D eigenvalue weighted by Gasteiger charge is 2.58. The fraction of sp³-hybridized carbons (Fsp3) is 0.762. The third-order valence-electron chi connectivity index (χ3n) is 7.62. The lowest BCUT2D eigenvalue weighted by Crippen LogP contribution is -2.54. The van der Waals surface area contributed by atoms with Gasteiger partial charge in [-0.3, -0.25) is 4.79 Å². The van der Waals surface area contributed by atoms with E-state index in [2.05, 4.69) is 54.2 Å². The molecule has 1 fully saturated rings. The van der Waals surface area contributed by atoms with E-state index in [9.17, 15) is 4.79 Å². The van der Waals surface area contributed by atoms with Gasteiger partial charge in [0.05, 0.1) is 0 Å². The number of fused-ring (bicyclic) bond motifs is 1. The molecule has 1 saturated carbocycles. The number of rotatable bonds is 4. The number of hydrogen-bond donors (Lipinski definition) is 0. The van der Waals surface area contributed by atoms with Crippen LogP contribution in [0.5, 0.6) is 0 Å². The second-order valence-corrected chi connectivity index (χ2v) is 8.72. The van der Waals surface area contributed by atoms with Gasteiger partial charge in [-0.05, 0) is 53.4 Å². The summed E-state index contributed by atoms with van der Waals surface area (Å²) in [4.78, 5) is 12.8. The lowest BCUT2D eigenvalue weighted by Gasteiger charge is -2.60. The summed E-state index contributed by atoms with van der Waals surface area (Å²) in [5.41, 5.74) is 1.60. The molecule has 1 nitrogen and oxygen atoms in total. The first-order valence-electron chi connectivity index (χ1n) is 9.00. The van der Waals surface area contributed by atoms with E-state index < -0.39 is 0 Å². The van der Waals surface area contributed by atoms with Crippen molar-refractivity contribution in [2.75, 3.05) is 0 Å². The van der Waals surface area contributed by atoms with Crippen LogP contribution in [-0.4, -0.2) is 5.78 Å². The SMILES string of the molecule is C=CCC1=CC2(C)CC(C)(C(C)CC)CCC2(C)C(C)C1=O. The summed E-state index contributed by atoms with van der Waals surface area (Å²) in [6.45, 7) is 17.9. The van der Waals surface area contributed by atoms with Crippen LogP contribution in [0.1, 0.15) is 73.6 Å². The van der Waals surface area contributed by atoms with E-state index in [1.807, 2.05) is 6.08 Å². The molecule has 2 rings (SSSR count). The Labute approximate surface area is 137 Å². The monoisotopic (exact) mass is 302 g/mol. The average Bonchev–Trinajstić information content (AvgIpc) is 2.47. The molecule has 0 heterocycles. The molecule has 0 aromatic heterocycles. The van der Waals surface area contributed by atoms with Gasteiger partial charge in [0.25, 0.3) is 0 Å². The number of carbonyl (C=O) groups excluding carboxylic acids is 1. The predicted molar refractivity (Wildman–Crippen MR) is 94.7 cm³/mol. The van der Waals surface area contributed by atoms with Crippen molar-refractivity contribution in [1.82, 2.24) is 0 Å². The van der Waals surface area contributed by atoms with E-state index in [1.54, 1.807) is 0 Å². The summed E-state index contributed by atoms with van der Waals surface area (Å²) in [5, 5.41) is 0. The maximum Gasteiger partial charge on any atom is 0.162 e. The summed E-state index contributed by atoms with van der Waals surface area (Å²) in [6.07, 6.45) is 9.76. The van der Waals surface area contributed by atoms with Crippen molar-refractivity contribution >= 4 is 5.78 Å². The van der Waals surface area contributed by atoms with E-state index in [4.69, 9.17) is 0 Å². The predicted octanol–water partition coefficient (Wildman–Crippen LogP) is 5.96. The van der Waals surface area contributed by atoms with Gasteiger partial charge in [0, 0.05) is 5.92 Å². The van der Waals surface area contributed by atoms with Crippen molar-refractivity contribution in [1.29, 1.82) is 0 Å². The summed E-state index contributed by atoms with van der Waals surface area (Å²) < 4.78 is 0. The molecule has 0 aromatic carbocycles. The summed E-state index contributed by atoms with van der Waals surface area (Å²) in [7, 11) is 0. The average molecular weight is 303 g/mol. The molecule has 5 atom stereocenters. The smallest absolute Gasteiger partial charge is 0.162 e. The summed E-state index contributed by atoms with van der Waals surface area (Å²) >= 11 is 0. The van der Waals surface area contributed by atoms with Crippen molar-refractivity contribution in [2.45, 2.75) is 73.6 Å². The van der Waals surface area contributed by atoms with Crippen molar-refractivity contribution in [3.63, 3.8) is 0 Å². The zero-order valence-corrected chi connectivity index (χ0v) is 15.5. The van der Waals surface area contributed by atoms with Crippen LogP contribution in [0.4, 0.5) is 0 Å². The molecule has 2 aliphatic rings. The van der Waals surface area contributed by atoms with Crippen LogP contribution in [0.15, 0.2) is 24.3 Å². The highest BCUT2D eigenvalue weighted by Crippen LogP contribution is 2.64. The molecule has 0 saturated heterocycles.